The first-order valence-corrected chi connectivity index (χ1v) is 6.49. The maximum atomic E-state index is 11.5. The summed E-state index contributed by atoms with van der Waals surface area (Å²) < 4.78 is 1.94. The SMILES string of the molecule is CCc1nnc(SCC(=O)NC2CC2)n1C. The number of hydrogen-bond donors (Lipinski definition) is 1. The first kappa shape index (κ1) is 11.4. The summed E-state index contributed by atoms with van der Waals surface area (Å²) in [5, 5.41) is 11.9. The van der Waals surface area contributed by atoms with Crippen LogP contribution in [0.3, 0.4) is 0 Å². The van der Waals surface area contributed by atoms with Gasteiger partial charge in [-0.2, -0.15) is 0 Å². The summed E-state index contributed by atoms with van der Waals surface area (Å²) in [7, 11) is 1.93. The van der Waals surface area contributed by atoms with Crippen molar-refractivity contribution in [1.82, 2.24) is 20.1 Å². The van der Waals surface area contributed by atoms with Crippen molar-refractivity contribution in [2.24, 2.45) is 7.05 Å². The van der Waals surface area contributed by atoms with Crippen molar-refractivity contribution in [2.45, 2.75) is 37.4 Å². The third-order valence-corrected chi connectivity index (χ3v) is 3.54. The summed E-state index contributed by atoms with van der Waals surface area (Å²) >= 11 is 1.44. The molecule has 1 aromatic heterocycles. The molecule has 1 aliphatic rings. The summed E-state index contributed by atoms with van der Waals surface area (Å²) in [5.74, 6) is 1.46. The van der Waals surface area contributed by atoms with Gasteiger partial charge in [0.05, 0.1) is 5.75 Å². The summed E-state index contributed by atoms with van der Waals surface area (Å²) in [4.78, 5) is 11.5. The van der Waals surface area contributed by atoms with Gasteiger partial charge >= 0.3 is 0 Å². The fourth-order valence-electron chi connectivity index (χ4n) is 1.41. The molecule has 0 radical (unpaired) electrons. The van der Waals surface area contributed by atoms with E-state index in [0.717, 1.165) is 30.2 Å². The van der Waals surface area contributed by atoms with Gasteiger partial charge in [0.2, 0.25) is 5.91 Å². The highest BCUT2D eigenvalue weighted by Gasteiger charge is 2.23. The van der Waals surface area contributed by atoms with Crippen LogP contribution in [0.5, 0.6) is 0 Å². The fraction of sp³-hybridized carbons (Fsp3) is 0.700. The zero-order valence-corrected chi connectivity index (χ0v) is 10.4. The molecule has 0 bridgehead atoms. The van der Waals surface area contributed by atoms with Crippen LogP contribution >= 0.6 is 11.8 Å². The molecule has 0 saturated heterocycles. The van der Waals surface area contributed by atoms with E-state index in [4.69, 9.17) is 0 Å². The van der Waals surface area contributed by atoms with Crippen LogP contribution in [0.25, 0.3) is 0 Å². The van der Waals surface area contributed by atoms with Crippen LogP contribution in [0.1, 0.15) is 25.6 Å². The van der Waals surface area contributed by atoms with E-state index < -0.39 is 0 Å². The van der Waals surface area contributed by atoms with Crippen molar-refractivity contribution >= 4 is 17.7 Å². The van der Waals surface area contributed by atoms with Gasteiger partial charge in [-0.15, -0.1) is 10.2 Å². The summed E-state index contributed by atoms with van der Waals surface area (Å²) in [6.07, 6.45) is 3.11. The van der Waals surface area contributed by atoms with Crippen molar-refractivity contribution < 1.29 is 4.79 Å². The van der Waals surface area contributed by atoms with Crippen molar-refractivity contribution in [2.75, 3.05) is 5.75 Å². The molecule has 16 heavy (non-hydrogen) atoms. The van der Waals surface area contributed by atoms with Crippen molar-refractivity contribution in [3.8, 4) is 0 Å². The second-order valence-corrected chi connectivity index (χ2v) is 4.88. The molecule has 0 aliphatic heterocycles. The zero-order valence-electron chi connectivity index (χ0n) is 9.56. The van der Waals surface area contributed by atoms with E-state index >= 15 is 0 Å². The van der Waals surface area contributed by atoms with E-state index in [1.165, 1.54) is 11.8 Å². The molecule has 0 atom stereocenters. The van der Waals surface area contributed by atoms with Crippen LogP contribution in [-0.2, 0) is 18.3 Å². The standard InChI is InChI=1S/C10H16N4OS/c1-3-8-12-13-10(14(8)2)16-6-9(15)11-7-4-5-7/h7H,3-6H2,1-2H3,(H,11,15). The van der Waals surface area contributed by atoms with Crippen LogP contribution in [0.2, 0.25) is 0 Å². The minimum absolute atomic E-state index is 0.0912. The maximum Gasteiger partial charge on any atom is 0.230 e. The number of nitrogens with zero attached hydrogens (tertiary/aromatic N) is 3. The van der Waals surface area contributed by atoms with Crippen LogP contribution < -0.4 is 5.32 Å². The van der Waals surface area contributed by atoms with E-state index in [2.05, 4.69) is 15.5 Å². The number of aromatic nitrogens is 3. The Bertz CT molecular complexity index is 386. The van der Waals surface area contributed by atoms with E-state index in [1.807, 2.05) is 18.5 Å². The number of hydrogen-bond acceptors (Lipinski definition) is 4. The minimum Gasteiger partial charge on any atom is -0.353 e. The molecule has 1 aromatic rings. The largest absolute Gasteiger partial charge is 0.353 e. The Balaban J connectivity index is 1.83. The Morgan fingerprint density at radius 3 is 2.88 bits per heavy atom. The highest BCUT2D eigenvalue weighted by molar-refractivity contribution is 7.99. The van der Waals surface area contributed by atoms with Gasteiger partial charge in [-0.25, -0.2) is 0 Å². The van der Waals surface area contributed by atoms with E-state index in [0.29, 0.717) is 11.8 Å². The Hall–Kier alpha value is -1.04. The predicted octanol–water partition coefficient (Wildman–Crippen LogP) is 0.748. The lowest BCUT2D eigenvalue weighted by Crippen LogP contribution is -2.27. The van der Waals surface area contributed by atoms with Crippen LogP contribution in [0, 0.1) is 0 Å². The molecule has 1 aliphatic carbocycles. The second-order valence-electron chi connectivity index (χ2n) is 3.94. The van der Waals surface area contributed by atoms with E-state index in [9.17, 15) is 4.79 Å². The monoisotopic (exact) mass is 240 g/mol. The van der Waals surface area contributed by atoms with Gasteiger partial charge in [0.15, 0.2) is 5.16 Å². The average Bonchev–Trinajstić information content (AvgIpc) is 2.99. The zero-order chi connectivity index (χ0) is 11.5. The Morgan fingerprint density at radius 1 is 1.56 bits per heavy atom. The molecule has 2 rings (SSSR count). The summed E-state index contributed by atoms with van der Waals surface area (Å²) in [6, 6.07) is 0.429. The normalized spacial score (nSPS) is 15.1. The molecule has 0 spiro atoms. The lowest BCUT2D eigenvalue weighted by atomic mass is 10.5. The molecule has 0 aromatic carbocycles. The molecule has 1 heterocycles. The topological polar surface area (TPSA) is 59.8 Å². The minimum atomic E-state index is 0.0912. The third-order valence-electron chi connectivity index (χ3n) is 2.52. The van der Waals surface area contributed by atoms with Gasteiger partial charge in [-0.3, -0.25) is 4.79 Å². The number of thioether (sulfide) groups is 1. The molecule has 1 amide bonds. The number of nitrogens with one attached hydrogen (secondary N) is 1. The molecule has 1 fully saturated rings. The molecule has 1 saturated carbocycles. The van der Waals surface area contributed by atoms with Crippen LogP contribution in [-0.4, -0.2) is 32.5 Å². The average molecular weight is 240 g/mol. The van der Waals surface area contributed by atoms with Gasteiger partial charge < -0.3 is 9.88 Å². The lowest BCUT2D eigenvalue weighted by molar-refractivity contribution is -0.118. The third kappa shape index (κ3) is 2.75. The Morgan fingerprint density at radius 2 is 2.31 bits per heavy atom. The smallest absolute Gasteiger partial charge is 0.230 e. The molecular weight excluding hydrogens is 224 g/mol. The molecule has 5 nitrogen and oxygen atoms in total. The van der Waals surface area contributed by atoms with Gasteiger partial charge in [-0.1, -0.05) is 18.7 Å². The molecular formula is C10H16N4OS. The number of aryl methyl sites for hydroxylation is 1. The fourth-order valence-corrected chi connectivity index (χ4v) is 2.15. The molecule has 6 heteroatoms. The second kappa shape index (κ2) is 4.86. The first-order chi connectivity index (χ1) is 7.70. The van der Waals surface area contributed by atoms with Crippen molar-refractivity contribution in [3.05, 3.63) is 5.82 Å². The number of rotatable bonds is 5. The maximum absolute atomic E-state index is 11.5. The predicted molar refractivity (Wildman–Crippen MR) is 62.3 cm³/mol. The number of carbonyl (C=O) groups excluding carboxylic acids is 1. The van der Waals surface area contributed by atoms with E-state index in [-0.39, 0.29) is 5.91 Å². The molecule has 0 unspecified atom stereocenters. The summed E-state index contributed by atoms with van der Waals surface area (Å²) in [6.45, 7) is 2.04. The van der Waals surface area contributed by atoms with Gasteiger partial charge in [0.25, 0.3) is 0 Å². The van der Waals surface area contributed by atoms with E-state index in [1.54, 1.807) is 0 Å². The van der Waals surface area contributed by atoms with Gasteiger partial charge in [0, 0.05) is 19.5 Å². The number of amides is 1. The molecule has 1 N–H and O–H groups in total. The van der Waals surface area contributed by atoms with Crippen LogP contribution in [0.15, 0.2) is 5.16 Å². The van der Waals surface area contributed by atoms with Crippen LogP contribution in [0.4, 0.5) is 0 Å². The molecule has 88 valence electrons. The lowest BCUT2D eigenvalue weighted by Gasteiger charge is -2.03. The summed E-state index contributed by atoms with van der Waals surface area (Å²) in [5.41, 5.74) is 0. The quantitative estimate of drug-likeness (QED) is 0.772. The Labute approximate surface area is 99.0 Å². The highest BCUT2D eigenvalue weighted by Crippen LogP contribution is 2.20. The highest BCUT2D eigenvalue weighted by atomic mass is 32.2. The van der Waals surface area contributed by atoms with Gasteiger partial charge in [0.1, 0.15) is 5.82 Å². The number of carbonyl (C=O) groups is 1. The first-order valence-electron chi connectivity index (χ1n) is 5.51. The Kier molecular flexibility index (Phi) is 3.48. The van der Waals surface area contributed by atoms with Crippen molar-refractivity contribution in [3.63, 3.8) is 0 Å². The van der Waals surface area contributed by atoms with Crippen molar-refractivity contribution in [1.29, 1.82) is 0 Å². The van der Waals surface area contributed by atoms with Gasteiger partial charge in [-0.05, 0) is 12.8 Å².